The normalized spacial score (nSPS) is 11.2. The molecule has 0 aromatic heterocycles. The Kier molecular flexibility index (Phi) is 4.63. The molecule has 1 rings (SSSR count). The van der Waals surface area contributed by atoms with Gasteiger partial charge in [-0.15, -0.1) is 0 Å². The van der Waals surface area contributed by atoms with Gasteiger partial charge in [0.05, 0.1) is 12.7 Å². The molecule has 1 aromatic rings. The Hall–Kier alpha value is -1.92. The molecule has 0 fully saturated rings. The molecule has 0 saturated carbocycles. The summed E-state index contributed by atoms with van der Waals surface area (Å²) >= 11 is 0. The van der Waals surface area contributed by atoms with Crippen molar-refractivity contribution in [1.29, 1.82) is 0 Å². The molecule has 0 unspecified atom stereocenters. The lowest BCUT2D eigenvalue weighted by atomic mass is 10.1. The van der Waals surface area contributed by atoms with Crippen LogP contribution in [0.25, 0.3) is 0 Å². The van der Waals surface area contributed by atoms with Gasteiger partial charge < -0.3 is 15.4 Å². The number of nitrogens with zero attached hydrogens (tertiary/aromatic N) is 1. The topological polar surface area (TPSA) is 55.6 Å². The smallest absolute Gasteiger partial charge is 0.406 e. The highest BCUT2D eigenvalue weighted by molar-refractivity contribution is 5.99. The molecular weight excluding hydrogens is 261 g/mol. The number of benzene rings is 1. The Morgan fingerprint density at radius 2 is 2.05 bits per heavy atom. The molecule has 4 nitrogen and oxygen atoms in total. The Morgan fingerprint density at radius 3 is 2.53 bits per heavy atom. The minimum absolute atomic E-state index is 0.00505. The van der Waals surface area contributed by atoms with Crippen LogP contribution in [0.3, 0.4) is 0 Å². The van der Waals surface area contributed by atoms with Crippen LogP contribution in [0.5, 0.6) is 5.75 Å². The second-order valence-electron chi connectivity index (χ2n) is 3.89. The Labute approximate surface area is 108 Å². The number of hydrogen-bond acceptors (Lipinski definition) is 3. The van der Waals surface area contributed by atoms with Gasteiger partial charge in [-0.3, -0.25) is 4.79 Å². The van der Waals surface area contributed by atoms with E-state index in [2.05, 4.69) is 0 Å². The molecule has 19 heavy (non-hydrogen) atoms. The van der Waals surface area contributed by atoms with Crippen molar-refractivity contribution in [2.24, 2.45) is 0 Å². The van der Waals surface area contributed by atoms with Crippen molar-refractivity contribution < 1.29 is 22.7 Å². The van der Waals surface area contributed by atoms with E-state index in [9.17, 15) is 18.0 Å². The first-order valence-electron chi connectivity index (χ1n) is 5.58. The summed E-state index contributed by atoms with van der Waals surface area (Å²) < 4.78 is 42.0. The molecule has 0 bridgehead atoms. The van der Waals surface area contributed by atoms with E-state index in [4.69, 9.17) is 10.5 Å². The number of alkyl halides is 3. The first-order chi connectivity index (χ1) is 8.78. The van der Waals surface area contributed by atoms with Gasteiger partial charge in [-0.05, 0) is 25.1 Å². The molecule has 0 aliphatic heterocycles. The number of methoxy groups -OCH3 is 1. The van der Waals surface area contributed by atoms with Gasteiger partial charge in [-0.25, -0.2) is 0 Å². The summed E-state index contributed by atoms with van der Waals surface area (Å²) in [6, 6.07) is 4.29. The SMILES string of the molecule is CCN(CC(F)(F)F)C(=O)c1cc(OC)ccc1N. The molecule has 0 spiro atoms. The van der Waals surface area contributed by atoms with Gasteiger partial charge in [-0.2, -0.15) is 13.2 Å². The molecule has 1 aromatic carbocycles. The summed E-state index contributed by atoms with van der Waals surface area (Å²) in [7, 11) is 1.40. The van der Waals surface area contributed by atoms with E-state index >= 15 is 0 Å². The maximum absolute atomic E-state index is 12.4. The molecule has 106 valence electrons. The molecular formula is C12H15F3N2O2. The largest absolute Gasteiger partial charge is 0.497 e. The molecule has 7 heteroatoms. The molecule has 0 atom stereocenters. The first-order valence-corrected chi connectivity index (χ1v) is 5.58. The van der Waals surface area contributed by atoms with Crippen molar-refractivity contribution in [2.45, 2.75) is 13.1 Å². The number of carbonyl (C=O) groups excluding carboxylic acids is 1. The van der Waals surface area contributed by atoms with Crippen molar-refractivity contribution in [2.75, 3.05) is 25.9 Å². The molecule has 0 aliphatic carbocycles. The fraction of sp³-hybridized carbons (Fsp3) is 0.417. The quantitative estimate of drug-likeness (QED) is 0.858. The molecule has 1 amide bonds. The summed E-state index contributed by atoms with van der Waals surface area (Å²) in [6.07, 6.45) is -4.45. The standard InChI is InChI=1S/C12H15F3N2O2/c1-3-17(7-12(13,14)15)11(18)9-6-8(19-2)4-5-10(9)16/h4-6H,3,7,16H2,1-2H3. The lowest BCUT2D eigenvalue weighted by Gasteiger charge is -2.23. The number of amides is 1. The number of hydrogen-bond donors (Lipinski definition) is 1. The van der Waals surface area contributed by atoms with Crippen molar-refractivity contribution in [3.05, 3.63) is 23.8 Å². The third-order valence-corrected chi connectivity index (χ3v) is 2.53. The van der Waals surface area contributed by atoms with Crippen LogP contribution in [0.1, 0.15) is 17.3 Å². The molecule has 2 N–H and O–H groups in total. The van der Waals surface area contributed by atoms with E-state index in [0.717, 1.165) is 0 Å². The first kappa shape index (κ1) is 15.1. The average molecular weight is 276 g/mol. The van der Waals surface area contributed by atoms with Crippen molar-refractivity contribution in [3.8, 4) is 5.75 Å². The maximum Gasteiger partial charge on any atom is 0.406 e. The van der Waals surface area contributed by atoms with Gasteiger partial charge in [0.15, 0.2) is 0 Å². The van der Waals surface area contributed by atoms with Crippen molar-refractivity contribution in [3.63, 3.8) is 0 Å². The zero-order valence-corrected chi connectivity index (χ0v) is 10.6. The predicted molar refractivity (Wildman–Crippen MR) is 65.0 cm³/mol. The highest BCUT2D eigenvalue weighted by Gasteiger charge is 2.33. The molecule has 0 radical (unpaired) electrons. The minimum Gasteiger partial charge on any atom is -0.497 e. The molecule has 0 saturated heterocycles. The number of nitrogens with two attached hydrogens (primary N) is 1. The van der Waals surface area contributed by atoms with E-state index in [1.54, 1.807) is 0 Å². The summed E-state index contributed by atoms with van der Waals surface area (Å²) in [5.74, 6) is -0.406. The lowest BCUT2D eigenvalue weighted by molar-refractivity contribution is -0.140. The van der Waals surface area contributed by atoms with E-state index in [-0.39, 0.29) is 17.8 Å². The lowest BCUT2D eigenvalue weighted by Crippen LogP contribution is -2.39. The number of halogens is 3. The van der Waals surface area contributed by atoms with Crippen LogP contribution in [-0.4, -0.2) is 37.2 Å². The zero-order chi connectivity index (χ0) is 14.6. The van der Waals surface area contributed by atoms with Crippen LogP contribution in [-0.2, 0) is 0 Å². The van der Waals surface area contributed by atoms with Crippen molar-refractivity contribution in [1.82, 2.24) is 4.90 Å². The monoisotopic (exact) mass is 276 g/mol. The van der Waals surface area contributed by atoms with Crippen LogP contribution >= 0.6 is 0 Å². The fourth-order valence-electron chi connectivity index (χ4n) is 1.56. The summed E-state index contributed by atoms with van der Waals surface area (Å²) in [5, 5.41) is 0. The zero-order valence-electron chi connectivity index (χ0n) is 10.6. The third kappa shape index (κ3) is 4.04. The van der Waals surface area contributed by atoms with Gasteiger partial charge in [0.2, 0.25) is 0 Å². The van der Waals surface area contributed by atoms with Gasteiger partial charge >= 0.3 is 6.18 Å². The van der Waals surface area contributed by atoms with Crippen molar-refractivity contribution >= 4 is 11.6 Å². The number of rotatable bonds is 4. The highest BCUT2D eigenvalue weighted by Crippen LogP contribution is 2.23. The summed E-state index contributed by atoms with van der Waals surface area (Å²) in [5.41, 5.74) is 5.74. The average Bonchev–Trinajstić information content (AvgIpc) is 2.34. The fourth-order valence-corrected chi connectivity index (χ4v) is 1.56. The highest BCUT2D eigenvalue weighted by atomic mass is 19.4. The Bertz CT molecular complexity index is 461. The van der Waals surface area contributed by atoms with E-state index in [1.165, 1.54) is 32.2 Å². The maximum atomic E-state index is 12.4. The molecule has 0 heterocycles. The van der Waals surface area contributed by atoms with E-state index in [1.807, 2.05) is 0 Å². The number of ether oxygens (including phenoxy) is 1. The Morgan fingerprint density at radius 1 is 1.42 bits per heavy atom. The second-order valence-corrected chi connectivity index (χ2v) is 3.89. The molecule has 0 aliphatic rings. The number of anilines is 1. The van der Waals surface area contributed by atoms with Crippen LogP contribution in [0.2, 0.25) is 0 Å². The predicted octanol–water partition coefficient (Wildman–Crippen LogP) is 2.30. The van der Waals surface area contributed by atoms with Crippen LogP contribution < -0.4 is 10.5 Å². The number of carbonyl (C=O) groups is 1. The summed E-state index contributed by atoms with van der Waals surface area (Å²) in [6.45, 7) is 0.105. The van der Waals surface area contributed by atoms with E-state index < -0.39 is 18.6 Å². The van der Waals surface area contributed by atoms with Gasteiger partial charge in [0.25, 0.3) is 5.91 Å². The second kappa shape index (κ2) is 5.81. The van der Waals surface area contributed by atoms with Crippen LogP contribution in [0.15, 0.2) is 18.2 Å². The van der Waals surface area contributed by atoms with Gasteiger partial charge in [-0.1, -0.05) is 0 Å². The summed E-state index contributed by atoms with van der Waals surface area (Å²) in [4.78, 5) is 12.7. The van der Waals surface area contributed by atoms with E-state index in [0.29, 0.717) is 10.6 Å². The van der Waals surface area contributed by atoms with Gasteiger partial charge in [0, 0.05) is 12.2 Å². The van der Waals surface area contributed by atoms with Gasteiger partial charge in [0.1, 0.15) is 12.3 Å². The van der Waals surface area contributed by atoms with Crippen LogP contribution in [0, 0.1) is 0 Å². The van der Waals surface area contributed by atoms with Crippen LogP contribution in [0.4, 0.5) is 18.9 Å². The minimum atomic E-state index is -4.45. The Balaban J connectivity index is 3.03. The third-order valence-electron chi connectivity index (χ3n) is 2.53. The number of nitrogen functional groups attached to an aromatic ring is 1.